The molecule has 0 bridgehead atoms. The Kier molecular flexibility index (Phi) is 4.71. The molecule has 0 radical (unpaired) electrons. The maximum absolute atomic E-state index is 12.9. The molecule has 0 N–H and O–H groups in total. The van der Waals surface area contributed by atoms with Crippen molar-refractivity contribution in [2.75, 3.05) is 0 Å². The van der Waals surface area contributed by atoms with Gasteiger partial charge < -0.3 is 9.15 Å². The van der Waals surface area contributed by atoms with Crippen LogP contribution in [0.1, 0.15) is 21.8 Å². The summed E-state index contributed by atoms with van der Waals surface area (Å²) in [7, 11) is 0. The minimum atomic E-state index is -4.49. The normalized spacial score (nSPS) is 11.7. The summed E-state index contributed by atoms with van der Waals surface area (Å²) in [6, 6.07) is 8.52. The number of halogens is 3. The number of ether oxygens (including phenoxy) is 1. The van der Waals surface area contributed by atoms with Gasteiger partial charge in [0.25, 0.3) is 5.56 Å². The summed E-state index contributed by atoms with van der Waals surface area (Å²) in [4.78, 5) is 28.8. The quantitative estimate of drug-likeness (QED) is 0.458. The van der Waals surface area contributed by atoms with E-state index in [2.05, 4.69) is 4.98 Å². The number of thiazole rings is 1. The van der Waals surface area contributed by atoms with Crippen molar-refractivity contribution in [2.45, 2.75) is 12.8 Å². The molecule has 6 nitrogen and oxygen atoms in total. The summed E-state index contributed by atoms with van der Waals surface area (Å²) >= 11 is 1.26. The topological polar surface area (TPSA) is 73.8 Å². The van der Waals surface area contributed by atoms with Crippen LogP contribution in [0.2, 0.25) is 0 Å². The second-order valence-electron chi connectivity index (χ2n) is 5.96. The fourth-order valence-corrected chi connectivity index (χ4v) is 3.36. The number of hydrogen-bond acceptors (Lipinski definition) is 6. The number of benzene rings is 1. The van der Waals surface area contributed by atoms with E-state index < -0.39 is 17.7 Å². The zero-order valence-electron chi connectivity index (χ0n) is 14.5. The summed E-state index contributed by atoms with van der Waals surface area (Å²) in [6.07, 6.45) is -2.90. The van der Waals surface area contributed by atoms with E-state index in [1.54, 1.807) is 11.6 Å². The number of esters is 1. The number of carbonyl (C=O) groups excluding carboxylic acids is 1. The van der Waals surface area contributed by atoms with Crippen molar-refractivity contribution in [2.24, 2.45) is 0 Å². The molecular weight excluding hydrogens is 409 g/mol. The van der Waals surface area contributed by atoms with Crippen LogP contribution >= 0.6 is 11.3 Å². The minimum Gasteiger partial charge on any atom is -0.453 e. The van der Waals surface area contributed by atoms with Gasteiger partial charge in [-0.05, 0) is 24.3 Å². The Morgan fingerprint density at radius 2 is 2.03 bits per heavy atom. The van der Waals surface area contributed by atoms with Gasteiger partial charge in [-0.25, -0.2) is 9.78 Å². The largest absolute Gasteiger partial charge is 0.453 e. The van der Waals surface area contributed by atoms with Crippen LogP contribution in [-0.2, 0) is 17.5 Å². The minimum absolute atomic E-state index is 0.0967. The number of rotatable bonds is 4. The van der Waals surface area contributed by atoms with Crippen LogP contribution < -0.4 is 5.56 Å². The lowest BCUT2D eigenvalue weighted by Crippen LogP contribution is -2.14. The van der Waals surface area contributed by atoms with Crippen LogP contribution in [0.3, 0.4) is 0 Å². The average Bonchev–Trinajstić information content (AvgIpc) is 3.35. The van der Waals surface area contributed by atoms with Crippen LogP contribution in [0.15, 0.2) is 63.3 Å². The number of nitrogens with zero attached hydrogens (tertiary/aromatic N) is 2. The molecule has 3 aromatic heterocycles. The molecule has 3 heterocycles. The number of alkyl halides is 3. The Balaban J connectivity index is 1.49. The molecule has 29 heavy (non-hydrogen) atoms. The summed E-state index contributed by atoms with van der Waals surface area (Å²) in [5.74, 6) is -0.901. The van der Waals surface area contributed by atoms with Gasteiger partial charge in [0.2, 0.25) is 5.76 Å². The third-order valence-electron chi connectivity index (χ3n) is 3.99. The molecule has 0 aliphatic heterocycles. The van der Waals surface area contributed by atoms with Crippen molar-refractivity contribution in [1.29, 1.82) is 0 Å². The van der Waals surface area contributed by atoms with Gasteiger partial charge in [0, 0.05) is 23.2 Å². The van der Waals surface area contributed by atoms with Gasteiger partial charge in [0.15, 0.2) is 4.96 Å². The predicted octanol–water partition coefficient (Wildman–Crippen LogP) is 4.39. The number of fused-ring (bicyclic) bond motifs is 1. The summed E-state index contributed by atoms with van der Waals surface area (Å²) in [5, 5.41) is 1.71. The lowest BCUT2D eigenvalue weighted by atomic mass is 10.1. The van der Waals surface area contributed by atoms with Gasteiger partial charge in [-0.1, -0.05) is 12.1 Å². The second-order valence-corrected chi connectivity index (χ2v) is 6.83. The van der Waals surface area contributed by atoms with Crippen LogP contribution in [0, 0.1) is 0 Å². The van der Waals surface area contributed by atoms with E-state index >= 15 is 0 Å². The predicted molar refractivity (Wildman–Crippen MR) is 97.6 cm³/mol. The maximum Gasteiger partial charge on any atom is 0.416 e. The monoisotopic (exact) mass is 420 g/mol. The first-order valence-electron chi connectivity index (χ1n) is 8.21. The van der Waals surface area contributed by atoms with Gasteiger partial charge >= 0.3 is 12.1 Å². The molecule has 0 saturated heterocycles. The molecule has 0 amide bonds. The van der Waals surface area contributed by atoms with E-state index in [1.165, 1.54) is 46.1 Å². The van der Waals surface area contributed by atoms with Crippen molar-refractivity contribution in [3.63, 3.8) is 0 Å². The van der Waals surface area contributed by atoms with Crippen molar-refractivity contribution in [3.05, 3.63) is 81.4 Å². The maximum atomic E-state index is 12.9. The third kappa shape index (κ3) is 3.92. The summed E-state index contributed by atoms with van der Waals surface area (Å²) in [5.41, 5.74) is -0.670. The van der Waals surface area contributed by atoms with Gasteiger partial charge in [0.1, 0.15) is 12.4 Å². The highest BCUT2D eigenvalue weighted by atomic mass is 32.1. The zero-order valence-corrected chi connectivity index (χ0v) is 15.3. The van der Waals surface area contributed by atoms with Crippen LogP contribution in [0.4, 0.5) is 13.2 Å². The molecule has 0 aliphatic carbocycles. The van der Waals surface area contributed by atoms with Gasteiger partial charge in [-0.2, -0.15) is 13.2 Å². The Labute approximate surface area is 164 Å². The van der Waals surface area contributed by atoms with Crippen molar-refractivity contribution in [1.82, 2.24) is 9.38 Å². The molecule has 0 spiro atoms. The first-order valence-corrected chi connectivity index (χ1v) is 9.09. The third-order valence-corrected chi connectivity index (χ3v) is 4.75. The number of aromatic nitrogens is 2. The van der Waals surface area contributed by atoms with Crippen LogP contribution in [0.5, 0.6) is 0 Å². The lowest BCUT2D eigenvalue weighted by Gasteiger charge is -2.07. The van der Waals surface area contributed by atoms with Crippen LogP contribution in [-0.4, -0.2) is 15.4 Å². The van der Waals surface area contributed by atoms with E-state index in [0.29, 0.717) is 4.96 Å². The number of furan rings is 1. The Morgan fingerprint density at radius 3 is 2.83 bits per heavy atom. The van der Waals surface area contributed by atoms with Crippen molar-refractivity contribution < 1.29 is 27.1 Å². The molecule has 1 aromatic carbocycles. The second kappa shape index (κ2) is 7.21. The highest BCUT2D eigenvalue weighted by molar-refractivity contribution is 7.15. The first kappa shape index (κ1) is 18.9. The molecule has 4 aromatic rings. The SMILES string of the molecule is O=C(OCc1cc(=O)n2ccsc2n1)c1ccc(-c2cccc(C(F)(F)F)c2)o1. The Morgan fingerprint density at radius 1 is 1.21 bits per heavy atom. The van der Waals surface area contributed by atoms with Gasteiger partial charge in [-0.15, -0.1) is 11.3 Å². The smallest absolute Gasteiger partial charge is 0.416 e. The van der Waals surface area contributed by atoms with E-state index in [4.69, 9.17) is 9.15 Å². The molecule has 4 rings (SSSR count). The van der Waals surface area contributed by atoms with Gasteiger partial charge in [-0.3, -0.25) is 9.20 Å². The average molecular weight is 420 g/mol. The van der Waals surface area contributed by atoms with Crippen LogP contribution in [0.25, 0.3) is 16.3 Å². The fraction of sp³-hybridized carbons (Fsp3) is 0.105. The molecular formula is C19H11F3N2O4S. The van der Waals surface area contributed by atoms with Crippen molar-refractivity contribution >= 4 is 22.3 Å². The van der Waals surface area contributed by atoms with E-state index in [1.807, 2.05) is 0 Å². The number of carbonyl (C=O) groups is 1. The lowest BCUT2D eigenvalue weighted by molar-refractivity contribution is -0.137. The zero-order chi connectivity index (χ0) is 20.6. The number of hydrogen-bond donors (Lipinski definition) is 0. The molecule has 148 valence electrons. The molecule has 0 atom stereocenters. The van der Waals surface area contributed by atoms with E-state index in [-0.39, 0.29) is 34.9 Å². The fourth-order valence-electron chi connectivity index (χ4n) is 2.62. The summed E-state index contributed by atoms with van der Waals surface area (Å²) in [6.45, 7) is -0.248. The van der Waals surface area contributed by atoms with E-state index in [0.717, 1.165) is 12.1 Å². The molecule has 10 heteroatoms. The highest BCUT2D eigenvalue weighted by Crippen LogP contribution is 2.32. The molecule has 0 fully saturated rings. The standard InChI is InChI=1S/C19H11F3N2O4S/c20-19(21,22)12-3-1-2-11(8-12)14-4-5-15(28-14)17(26)27-10-13-9-16(25)24-6-7-29-18(24)23-13/h1-9H,10H2. The van der Waals surface area contributed by atoms with Gasteiger partial charge in [0.05, 0.1) is 11.3 Å². The first-order chi connectivity index (χ1) is 13.8. The van der Waals surface area contributed by atoms with E-state index in [9.17, 15) is 22.8 Å². The van der Waals surface area contributed by atoms with Crippen molar-refractivity contribution in [3.8, 4) is 11.3 Å². The summed E-state index contributed by atoms with van der Waals surface area (Å²) < 4.78 is 50.4. The Hall–Kier alpha value is -3.40. The molecule has 0 aliphatic rings. The Bertz CT molecular complexity index is 1260. The highest BCUT2D eigenvalue weighted by Gasteiger charge is 2.30. The molecule has 0 saturated carbocycles. The molecule has 0 unspecified atom stereocenters.